The van der Waals surface area contributed by atoms with Gasteiger partial charge in [0.15, 0.2) is 12.4 Å². The molecular formula is C30H30N3O5S+. The number of aryl methyl sites for hydroxylation is 1. The molecule has 0 saturated carbocycles. The third kappa shape index (κ3) is 5.93. The first-order chi connectivity index (χ1) is 18.8. The summed E-state index contributed by atoms with van der Waals surface area (Å²) >= 11 is 1.43. The number of methoxy groups -OCH3 is 1. The molecule has 0 bridgehead atoms. The van der Waals surface area contributed by atoms with Crippen molar-refractivity contribution in [3.8, 4) is 22.8 Å². The Hall–Kier alpha value is -4.24. The van der Waals surface area contributed by atoms with Crippen molar-refractivity contribution >= 4 is 23.2 Å². The molecule has 0 saturated heterocycles. The highest BCUT2D eigenvalue weighted by atomic mass is 32.1. The second-order valence-corrected chi connectivity index (χ2v) is 10.7. The van der Waals surface area contributed by atoms with Crippen molar-refractivity contribution in [3.63, 3.8) is 0 Å². The second-order valence-electron chi connectivity index (χ2n) is 9.80. The number of hydrogen-bond donors (Lipinski definition) is 2. The zero-order valence-electron chi connectivity index (χ0n) is 21.8. The molecule has 0 atom stereocenters. The summed E-state index contributed by atoms with van der Waals surface area (Å²) in [5.41, 5.74) is 3.68. The van der Waals surface area contributed by atoms with Crippen LogP contribution in [0.2, 0.25) is 0 Å². The van der Waals surface area contributed by atoms with Gasteiger partial charge < -0.3 is 19.9 Å². The van der Waals surface area contributed by atoms with E-state index in [0.29, 0.717) is 30.9 Å². The summed E-state index contributed by atoms with van der Waals surface area (Å²) in [6.45, 7) is 0.665. The van der Waals surface area contributed by atoms with E-state index in [0.717, 1.165) is 33.0 Å². The van der Waals surface area contributed by atoms with Crippen molar-refractivity contribution in [2.45, 2.75) is 32.4 Å². The number of fused-ring (bicyclic) bond motifs is 1. The van der Waals surface area contributed by atoms with Crippen molar-refractivity contribution in [1.82, 2.24) is 10.3 Å². The molecule has 9 heteroatoms. The van der Waals surface area contributed by atoms with Gasteiger partial charge in [0, 0.05) is 34.7 Å². The average Bonchev–Trinajstić information content (AvgIpc) is 3.56. The lowest BCUT2D eigenvalue weighted by Crippen LogP contribution is -2.43. The number of rotatable bonds is 10. The Morgan fingerprint density at radius 1 is 1.10 bits per heavy atom. The molecule has 2 N–H and O–H groups in total. The summed E-state index contributed by atoms with van der Waals surface area (Å²) in [4.78, 5) is 29.7. The molecule has 2 aromatic carbocycles. The smallest absolute Gasteiger partial charge is 0.304 e. The fourth-order valence-electron chi connectivity index (χ4n) is 4.98. The zero-order valence-corrected chi connectivity index (χ0v) is 22.7. The SMILES string of the molecule is COc1cc(OCc2cc[n+](C)cc2)ccc1-c1csc(CNC(=O)C2(CC(=O)O)Cc3ccccc3C2)n1. The topological polar surface area (TPSA) is 102 Å². The van der Waals surface area contributed by atoms with E-state index < -0.39 is 11.4 Å². The van der Waals surface area contributed by atoms with Gasteiger partial charge >= 0.3 is 5.97 Å². The maximum absolute atomic E-state index is 13.3. The minimum atomic E-state index is -0.994. The molecule has 2 aromatic heterocycles. The van der Waals surface area contributed by atoms with E-state index >= 15 is 0 Å². The fourth-order valence-corrected chi connectivity index (χ4v) is 5.71. The number of carbonyl (C=O) groups is 2. The van der Waals surface area contributed by atoms with Gasteiger partial charge in [0.1, 0.15) is 30.2 Å². The molecule has 1 aliphatic carbocycles. The van der Waals surface area contributed by atoms with E-state index in [2.05, 4.69) is 5.32 Å². The molecule has 0 fully saturated rings. The van der Waals surface area contributed by atoms with Crippen LogP contribution >= 0.6 is 11.3 Å². The van der Waals surface area contributed by atoms with Gasteiger partial charge in [-0.25, -0.2) is 9.55 Å². The molecule has 8 nitrogen and oxygen atoms in total. The minimum Gasteiger partial charge on any atom is -0.496 e. The number of benzene rings is 2. The Labute approximate surface area is 230 Å². The Balaban J connectivity index is 1.25. The average molecular weight is 545 g/mol. The number of carboxylic acid groups (broad SMARTS) is 1. The first-order valence-electron chi connectivity index (χ1n) is 12.6. The van der Waals surface area contributed by atoms with Gasteiger partial charge in [-0.15, -0.1) is 11.3 Å². The summed E-state index contributed by atoms with van der Waals surface area (Å²) in [7, 11) is 3.57. The normalized spacial score (nSPS) is 13.5. The quantitative estimate of drug-likeness (QED) is 0.292. The monoisotopic (exact) mass is 544 g/mol. The lowest BCUT2D eigenvalue weighted by molar-refractivity contribution is -0.671. The standard InChI is InChI=1S/C30H29N3O5S/c1-33-11-9-20(10-12-33)18-38-23-7-8-24(26(13-23)37-2)25-19-39-27(32-25)17-31-29(36)30(16-28(34)35)14-21-5-3-4-6-22(21)15-30/h3-13,19H,14-18H2,1-2H3,(H-,31,34,35,36)/p+1. The van der Waals surface area contributed by atoms with Crippen LogP contribution in [0.25, 0.3) is 11.3 Å². The van der Waals surface area contributed by atoms with Crippen molar-refractivity contribution in [1.29, 1.82) is 0 Å². The molecule has 39 heavy (non-hydrogen) atoms. The molecule has 4 aromatic rings. The highest BCUT2D eigenvalue weighted by Gasteiger charge is 2.45. The van der Waals surface area contributed by atoms with Crippen molar-refractivity contribution in [2.24, 2.45) is 12.5 Å². The van der Waals surface area contributed by atoms with E-state index in [9.17, 15) is 14.7 Å². The molecule has 0 spiro atoms. The summed E-state index contributed by atoms with van der Waals surface area (Å²) in [6.07, 6.45) is 4.57. The third-order valence-electron chi connectivity index (χ3n) is 7.00. The molecule has 5 rings (SSSR count). The predicted octanol–water partition coefficient (Wildman–Crippen LogP) is 4.10. The van der Waals surface area contributed by atoms with E-state index in [1.165, 1.54) is 11.3 Å². The minimum absolute atomic E-state index is 0.217. The summed E-state index contributed by atoms with van der Waals surface area (Å²) < 4.78 is 13.5. The number of carboxylic acids is 1. The predicted molar refractivity (Wildman–Crippen MR) is 146 cm³/mol. The van der Waals surface area contributed by atoms with Crippen LogP contribution in [0.3, 0.4) is 0 Å². The lowest BCUT2D eigenvalue weighted by Gasteiger charge is -2.25. The lowest BCUT2D eigenvalue weighted by atomic mass is 9.80. The fraction of sp³-hybridized carbons (Fsp3) is 0.267. The largest absolute Gasteiger partial charge is 0.496 e. The highest BCUT2D eigenvalue weighted by molar-refractivity contribution is 7.09. The molecule has 1 amide bonds. The van der Waals surface area contributed by atoms with Crippen LogP contribution < -0.4 is 19.4 Å². The second kappa shape index (κ2) is 11.2. The van der Waals surface area contributed by atoms with Gasteiger partial charge in [-0.1, -0.05) is 24.3 Å². The van der Waals surface area contributed by atoms with Gasteiger partial charge in [0.05, 0.1) is 31.2 Å². The molecule has 0 unspecified atom stereocenters. The molecule has 2 heterocycles. The van der Waals surface area contributed by atoms with Crippen molar-refractivity contribution < 1.29 is 28.7 Å². The highest BCUT2D eigenvalue weighted by Crippen LogP contribution is 2.40. The Morgan fingerprint density at radius 3 is 2.49 bits per heavy atom. The van der Waals surface area contributed by atoms with Gasteiger partial charge in [-0.3, -0.25) is 9.59 Å². The Bertz CT molecular complexity index is 1470. The van der Waals surface area contributed by atoms with E-state index in [1.807, 2.05) is 84.0 Å². The van der Waals surface area contributed by atoms with Crippen LogP contribution in [0, 0.1) is 5.41 Å². The van der Waals surface area contributed by atoms with E-state index in [-0.39, 0.29) is 18.9 Å². The Kier molecular flexibility index (Phi) is 7.60. The van der Waals surface area contributed by atoms with Gasteiger partial charge in [-0.2, -0.15) is 0 Å². The number of nitrogens with zero attached hydrogens (tertiary/aromatic N) is 2. The third-order valence-corrected chi connectivity index (χ3v) is 7.85. The number of aromatic nitrogens is 2. The van der Waals surface area contributed by atoms with E-state index in [1.54, 1.807) is 7.11 Å². The van der Waals surface area contributed by atoms with Crippen LogP contribution in [0.5, 0.6) is 11.5 Å². The molecule has 0 radical (unpaired) electrons. The van der Waals surface area contributed by atoms with Gasteiger partial charge in [-0.05, 0) is 36.1 Å². The van der Waals surface area contributed by atoms with Crippen molar-refractivity contribution in [2.75, 3.05) is 7.11 Å². The number of ether oxygens (including phenoxy) is 2. The van der Waals surface area contributed by atoms with Crippen LogP contribution in [0.15, 0.2) is 72.4 Å². The molecule has 0 aliphatic heterocycles. The van der Waals surface area contributed by atoms with Crippen molar-refractivity contribution in [3.05, 3.63) is 94.1 Å². The van der Waals surface area contributed by atoms with Crippen LogP contribution in [0.1, 0.15) is 28.1 Å². The number of amides is 1. The Morgan fingerprint density at radius 2 is 1.82 bits per heavy atom. The van der Waals surface area contributed by atoms with Crippen LogP contribution in [-0.2, 0) is 42.6 Å². The molecule has 200 valence electrons. The maximum Gasteiger partial charge on any atom is 0.304 e. The number of pyridine rings is 1. The maximum atomic E-state index is 13.3. The number of aliphatic carboxylic acids is 1. The zero-order chi connectivity index (χ0) is 27.4. The van der Waals surface area contributed by atoms with Crippen LogP contribution in [-0.4, -0.2) is 29.1 Å². The summed E-state index contributed by atoms with van der Waals surface area (Å²) in [6, 6.07) is 17.4. The molecular weight excluding hydrogens is 514 g/mol. The molecule has 1 aliphatic rings. The first-order valence-corrected chi connectivity index (χ1v) is 13.5. The number of thiazole rings is 1. The van der Waals surface area contributed by atoms with E-state index in [4.69, 9.17) is 14.5 Å². The summed E-state index contributed by atoms with van der Waals surface area (Å²) in [5.74, 6) is 0.0841. The first kappa shape index (κ1) is 26.4. The summed E-state index contributed by atoms with van der Waals surface area (Å²) in [5, 5.41) is 15.1. The van der Waals surface area contributed by atoms with Gasteiger partial charge in [0.2, 0.25) is 5.91 Å². The number of hydrogen-bond acceptors (Lipinski definition) is 6. The number of nitrogens with one attached hydrogen (secondary N) is 1. The van der Waals surface area contributed by atoms with Crippen LogP contribution in [0.4, 0.5) is 0 Å². The number of carbonyl (C=O) groups excluding carboxylic acids is 1. The van der Waals surface area contributed by atoms with Gasteiger partial charge in [0.25, 0.3) is 0 Å².